The molecule has 0 amide bonds. The second-order valence-corrected chi connectivity index (χ2v) is 8.30. The average Bonchev–Trinajstić information content (AvgIpc) is 3.00. The molecule has 2 aromatic heterocycles. The predicted octanol–water partition coefficient (Wildman–Crippen LogP) is 4.14. The lowest BCUT2D eigenvalue weighted by atomic mass is 10.1. The fourth-order valence-electron chi connectivity index (χ4n) is 3.60. The van der Waals surface area contributed by atoms with Gasteiger partial charge in [0, 0.05) is 44.6 Å². The summed E-state index contributed by atoms with van der Waals surface area (Å²) in [6.45, 7) is 11.1. The molecule has 3 aromatic rings. The monoisotopic (exact) mass is 434 g/mol. The summed E-state index contributed by atoms with van der Waals surface area (Å²) in [5.41, 5.74) is 7.06. The van der Waals surface area contributed by atoms with Crippen molar-refractivity contribution in [2.75, 3.05) is 7.05 Å². The predicted molar refractivity (Wildman–Crippen MR) is 129 cm³/mol. The second-order valence-electron chi connectivity index (χ2n) is 8.30. The van der Waals surface area contributed by atoms with E-state index in [0.717, 1.165) is 29.4 Å². The molecule has 0 spiro atoms. The van der Waals surface area contributed by atoms with E-state index in [4.69, 9.17) is 4.74 Å². The number of hydrogen-bond acceptors (Lipinski definition) is 4. The molecular formula is C25H34N6O. The average molecular weight is 435 g/mol. The number of benzene rings is 1. The molecule has 2 heterocycles. The first-order chi connectivity index (χ1) is 15.3. The molecule has 1 atom stereocenters. The SMILES string of the molecule is CN=C(NCc1ccnc(Oc2ccc(C)c(C)c2)c1)NC(C)Cc1c(C)nn(C)c1C. The molecule has 0 bridgehead atoms. The van der Waals surface area contributed by atoms with Crippen LogP contribution in [0, 0.1) is 27.7 Å². The van der Waals surface area contributed by atoms with Crippen molar-refractivity contribution in [2.45, 2.75) is 53.6 Å². The number of hydrogen-bond donors (Lipinski definition) is 2. The maximum Gasteiger partial charge on any atom is 0.219 e. The van der Waals surface area contributed by atoms with Crippen molar-refractivity contribution >= 4 is 5.96 Å². The highest BCUT2D eigenvalue weighted by Gasteiger charge is 2.14. The number of aliphatic imine (C=N–C) groups is 1. The van der Waals surface area contributed by atoms with Gasteiger partial charge in [-0.05, 0) is 81.5 Å². The summed E-state index contributed by atoms with van der Waals surface area (Å²) in [5, 5.41) is 11.4. The third-order valence-corrected chi connectivity index (χ3v) is 5.74. The highest BCUT2D eigenvalue weighted by atomic mass is 16.5. The molecule has 1 aromatic carbocycles. The molecule has 7 heteroatoms. The molecular weight excluding hydrogens is 400 g/mol. The van der Waals surface area contributed by atoms with Gasteiger partial charge in [-0.2, -0.15) is 5.10 Å². The van der Waals surface area contributed by atoms with Crippen LogP contribution >= 0.6 is 0 Å². The molecule has 0 aliphatic carbocycles. The van der Waals surface area contributed by atoms with Gasteiger partial charge in [-0.15, -0.1) is 0 Å². The normalized spacial score (nSPS) is 12.5. The summed E-state index contributed by atoms with van der Waals surface area (Å²) in [6, 6.07) is 10.2. The summed E-state index contributed by atoms with van der Waals surface area (Å²) in [6.07, 6.45) is 2.65. The smallest absolute Gasteiger partial charge is 0.219 e. The first kappa shape index (κ1) is 23.3. The molecule has 1 unspecified atom stereocenters. The first-order valence-electron chi connectivity index (χ1n) is 10.9. The third kappa shape index (κ3) is 5.87. The Kier molecular flexibility index (Phi) is 7.51. The largest absolute Gasteiger partial charge is 0.439 e. The zero-order valence-corrected chi connectivity index (χ0v) is 20.2. The van der Waals surface area contributed by atoms with Crippen LogP contribution in [0.5, 0.6) is 11.6 Å². The van der Waals surface area contributed by atoms with Crippen molar-refractivity contribution in [3.63, 3.8) is 0 Å². The summed E-state index contributed by atoms with van der Waals surface area (Å²) in [4.78, 5) is 8.71. The third-order valence-electron chi connectivity index (χ3n) is 5.74. The minimum absolute atomic E-state index is 0.212. The molecule has 7 nitrogen and oxygen atoms in total. The minimum atomic E-state index is 0.212. The summed E-state index contributed by atoms with van der Waals surface area (Å²) in [5.74, 6) is 2.12. The van der Waals surface area contributed by atoms with Gasteiger partial charge < -0.3 is 15.4 Å². The maximum absolute atomic E-state index is 5.95. The van der Waals surface area contributed by atoms with Crippen LogP contribution in [0.3, 0.4) is 0 Å². The van der Waals surface area contributed by atoms with Crippen molar-refractivity contribution in [2.24, 2.45) is 12.0 Å². The number of aromatic nitrogens is 3. The zero-order valence-electron chi connectivity index (χ0n) is 20.2. The van der Waals surface area contributed by atoms with Gasteiger partial charge in [0.15, 0.2) is 5.96 Å². The standard InChI is InChI=1S/C25H34N6O/c1-16-8-9-22(12-17(16)2)32-24-14-21(10-11-27-24)15-28-25(26-6)29-18(3)13-23-19(4)30-31(7)20(23)5/h8-12,14,18H,13,15H2,1-7H3,(H2,26,28,29). The van der Waals surface area contributed by atoms with Crippen molar-refractivity contribution in [3.8, 4) is 11.6 Å². The van der Waals surface area contributed by atoms with Crippen LogP contribution in [0.2, 0.25) is 0 Å². The molecule has 0 saturated heterocycles. The van der Waals surface area contributed by atoms with Gasteiger partial charge in [-0.25, -0.2) is 4.98 Å². The number of aryl methyl sites for hydroxylation is 4. The lowest BCUT2D eigenvalue weighted by Gasteiger charge is -2.18. The Labute approximate surface area is 190 Å². The number of ether oxygens (including phenoxy) is 1. The topological polar surface area (TPSA) is 76.4 Å². The fraction of sp³-hybridized carbons (Fsp3) is 0.400. The molecule has 0 fully saturated rings. The van der Waals surface area contributed by atoms with Gasteiger partial charge >= 0.3 is 0 Å². The summed E-state index contributed by atoms with van der Waals surface area (Å²) in [7, 11) is 3.76. The van der Waals surface area contributed by atoms with Crippen LogP contribution in [0.4, 0.5) is 0 Å². The van der Waals surface area contributed by atoms with E-state index in [9.17, 15) is 0 Å². The molecule has 0 radical (unpaired) electrons. The van der Waals surface area contributed by atoms with Gasteiger partial charge in [0.05, 0.1) is 5.69 Å². The number of nitrogens with zero attached hydrogens (tertiary/aromatic N) is 4. The van der Waals surface area contributed by atoms with E-state index in [-0.39, 0.29) is 6.04 Å². The molecule has 0 aliphatic heterocycles. The number of rotatable bonds is 7. The Morgan fingerprint density at radius 2 is 1.91 bits per heavy atom. The van der Waals surface area contributed by atoms with Crippen LogP contribution in [0.15, 0.2) is 41.5 Å². The lowest BCUT2D eigenvalue weighted by molar-refractivity contribution is 0.461. The van der Waals surface area contributed by atoms with E-state index in [0.29, 0.717) is 12.4 Å². The lowest BCUT2D eigenvalue weighted by Crippen LogP contribution is -2.42. The maximum atomic E-state index is 5.95. The Balaban J connectivity index is 1.57. The molecule has 0 saturated carbocycles. The first-order valence-corrected chi connectivity index (χ1v) is 10.9. The van der Waals surface area contributed by atoms with Crippen LogP contribution in [0.25, 0.3) is 0 Å². The highest BCUT2D eigenvalue weighted by molar-refractivity contribution is 5.79. The van der Waals surface area contributed by atoms with Gasteiger partial charge in [-0.3, -0.25) is 9.67 Å². The fourth-order valence-corrected chi connectivity index (χ4v) is 3.60. The van der Waals surface area contributed by atoms with E-state index in [1.807, 2.05) is 36.0 Å². The van der Waals surface area contributed by atoms with E-state index >= 15 is 0 Å². The van der Waals surface area contributed by atoms with Crippen molar-refractivity contribution < 1.29 is 4.74 Å². The number of nitrogens with one attached hydrogen (secondary N) is 2. The van der Waals surface area contributed by atoms with E-state index < -0.39 is 0 Å². The molecule has 32 heavy (non-hydrogen) atoms. The molecule has 0 aliphatic rings. The van der Waals surface area contributed by atoms with Gasteiger partial charge in [0.1, 0.15) is 5.75 Å². The summed E-state index contributed by atoms with van der Waals surface area (Å²) >= 11 is 0. The number of pyridine rings is 1. The van der Waals surface area contributed by atoms with Gasteiger partial charge in [0.25, 0.3) is 0 Å². The Hall–Kier alpha value is -3.35. The minimum Gasteiger partial charge on any atom is -0.439 e. The van der Waals surface area contributed by atoms with Gasteiger partial charge in [-0.1, -0.05) is 6.07 Å². The Morgan fingerprint density at radius 1 is 1.12 bits per heavy atom. The van der Waals surface area contributed by atoms with E-state index in [1.54, 1.807) is 13.2 Å². The van der Waals surface area contributed by atoms with Crippen molar-refractivity contribution in [1.82, 2.24) is 25.4 Å². The van der Waals surface area contributed by atoms with E-state index in [1.165, 1.54) is 22.4 Å². The van der Waals surface area contributed by atoms with E-state index in [2.05, 4.69) is 66.4 Å². The molecule has 170 valence electrons. The zero-order chi connectivity index (χ0) is 23.3. The van der Waals surface area contributed by atoms with Crippen molar-refractivity contribution in [3.05, 3.63) is 70.2 Å². The van der Waals surface area contributed by atoms with Crippen LogP contribution in [0.1, 0.15) is 40.6 Å². The Bertz CT molecular complexity index is 1100. The van der Waals surface area contributed by atoms with Crippen LogP contribution in [-0.4, -0.2) is 33.8 Å². The van der Waals surface area contributed by atoms with Crippen LogP contribution in [-0.2, 0) is 20.0 Å². The Morgan fingerprint density at radius 3 is 2.56 bits per heavy atom. The molecule has 3 rings (SSSR count). The second kappa shape index (κ2) is 10.3. The van der Waals surface area contributed by atoms with Crippen molar-refractivity contribution in [1.29, 1.82) is 0 Å². The molecule has 2 N–H and O–H groups in total. The van der Waals surface area contributed by atoms with Crippen LogP contribution < -0.4 is 15.4 Å². The van der Waals surface area contributed by atoms with Gasteiger partial charge in [0.2, 0.25) is 5.88 Å². The highest BCUT2D eigenvalue weighted by Crippen LogP contribution is 2.22. The number of guanidine groups is 1. The summed E-state index contributed by atoms with van der Waals surface area (Å²) < 4.78 is 7.89. The quantitative estimate of drug-likeness (QED) is 0.432.